The van der Waals surface area contributed by atoms with E-state index in [0.29, 0.717) is 12.8 Å². The first-order valence-electron chi connectivity index (χ1n) is 6.48. The summed E-state index contributed by atoms with van der Waals surface area (Å²) < 4.78 is 45.7. The lowest BCUT2D eigenvalue weighted by Gasteiger charge is -2.32. The normalized spacial score (nSPS) is 27.9. The quantitative estimate of drug-likeness (QED) is 0.803. The van der Waals surface area contributed by atoms with Gasteiger partial charge in [-0.2, -0.15) is 8.42 Å². The number of nitrogens with one attached hydrogen (secondary N) is 1. The Morgan fingerprint density at radius 2 is 1.90 bits per heavy atom. The lowest BCUT2D eigenvalue weighted by atomic mass is 9.91. The van der Waals surface area contributed by atoms with Gasteiger partial charge < -0.3 is 10.1 Å². The van der Waals surface area contributed by atoms with E-state index in [4.69, 9.17) is 8.92 Å². The Bertz CT molecular complexity index is 445. The van der Waals surface area contributed by atoms with Crippen molar-refractivity contribution in [1.29, 1.82) is 0 Å². The maximum Gasteiger partial charge on any atom is 0.407 e. The molecule has 0 spiro atoms. The van der Waals surface area contributed by atoms with Crippen LogP contribution in [0.3, 0.4) is 0 Å². The number of hydrogen-bond donors (Lipinski definition) is 1. The Balaban J connectivity index is 2.47. The van der Waals surface area contributed by atoms with Gasteiger partial charge in [0.15, 0.2) is 0 Å². The third-order valence-electron chi connectivity index (χ3n) is 2.74. The van der Waals surface area contributed by atoms with Crippen LogP contribution in [0.15, 0.2) is 0 Å². The molecule has 0 unspecified atom stereocenters. The van der Waals surface area contributed by atoms with Crippen LogP contribution in [-0.2, 0) is 19.0 Å². The molecule has 1 amide bonds. The Labute approximate surface area is 119 Å². The van der Waals surface area contributed by atoms with E-state index >= 15 is 0 Å². The van der Waals surface area contributed by atoms with Gasteiger partial charge in [0.25, 0.3) is 10.1 Å². The molecule has 0 heterocycles. The van der Waals surface area contributed by atoms with Crippen LogP contribution < -0.4 is 5.32 Å². The predicted molar refractivity (Wildman–Crippen MR) is 71.6 cm³/mol. The van der Waals surface area contributed by atoms with Crippen molar-refractivity contribution < 1.29 is 26.5 Å². The minimum absolute atomic E-state index is 0.0620. The van der Waals surface area contributed by atoms with Crippen LogP contribution in [0.2, 0.25) is 0 Å². The van der Waals surface area contributed by atoms with Gasteiger partial charge in [-0.25, -0.2) is 9.18 Å². The molecule has 0 aliphatic heterocycles. The molecule has 0 bridgehead atoms. The number of halogens is 1. The summed E-state index contributed by atoms with van der Waals surface area (Å²) in [5.41, 5.74) is -0.646. The molecule has 6 nitrogen and oxygen atoms in total. The van der Waals surface area contributed by atoms with Gasteiger partial charge in [0.1, 0.15) is 11.8 Å². The fraction of sp³-hybridized carbons (Fsp3) is 0.917. The second kappa shape index (κ2) is 6.26. The third kappa shape index (κ3) is 6.51. The predicted octanol–water partition coefficient (Wildman–Crippen LogP) is 1.75. The molecule has 0 aromatic carbocycles. The highest BCUT2D eigenvalue weighted by Crippen LogP contribution is 2.25. The van der Waals surface area contributed by atoms with E-state index in [1.54, 1.807) is 20.8 Å². The number of alkyl halides is 1. The van der Waals surface area contributed by atoms with Crippen LogP contribution in [-0.4, -0.2) is 44.7 Å². The molecule has 0 aromatic rings. The molecule has 1 rings (SSSR count). The van der Waals surface area contributed by atoms with Crippen LogP contribution in [0, 0.1) is 0 Å². The molecule has 3 atom stereocenters. The van der Waals surface area contributed by atoms with Crippen molar-refractivity contribution in [2.75, 3.05) is 6.26 Å². The number of rotatable bonds is 3. The summed E-state index contributed by atoms with van der Waals surface area (Å²) >= 11 is 0. The zero-order chi connectivity index (χ0) is 15.6. The number of carbonyl (C=O) groups is 1. The minimum atomic E-state index is -3.59. The number of alkyl carbamates (subject to hydrolysis) is 1. The van der Waals surface area contributed by atoms with Crippen LogP contribution in [0.4, 0.5) is 9.18 Å². The standard InChI is InChI=1S/C12H22FNO5S/c1-12(2,3)18-11(15)14-10-6-5-8(7-9(10)13)19-20(4,16)17/h8-10H,5-7H2,1-4H3,(H,14,15)/t8-,9-,10+/m1/s1. The summed E-state index contributed by atoms with van der Waals surface area (Å²) in [6.07, 6.45) is -1.15. The zero-order valence-electron chi connectivity index (χ0n) is 12.2. The highest BCUT2D eigenvalue weighted by atomic mass is 32.2. The van der Waals surface area contributed by atoms with Crippen molar-refractivity contribution in [1.82, 2.24) is 5.32 Å². The smallest absolute Gasteiger partial charge is 0.407 e. The molecular formula is C12H22FNO5S. The molecule has 1 aliphatic rings. The molecule has 1 N–H and O–H groups in total. The van der Waals surface area contributed by atoms with E-state index < -0.39 is 40.1 Å². The first-order valence-corrected chi connectivity index (χ1v) is 8.30. The Hall–Kier alpha value is -0.890. The van der Waals surface area contributed by atoms with E-state index in [2.05, 4.69) is 5.32 Å². The first kappa shape index (κ1) is 17.2. The van der Waals surface area contributed by atoms with E-state index in [9.17, 15) is 17.6 Å². The molecule has 8 heteroatoms. The van der Waals surface area contributed by atoms with Crippen LogP contribution in [0.5, 0.6) is 0 Å². The second-order valence-electron chi connectivity index (χ2n) is 6.00. The summed E-state index contributed by atoms with van der Waals surface area (Å²) in [6, 6.07) is -0.677. The van der Waals surface area contributed by atoms with E-state index in [1.807, 2.05) is 0 Å². The first-order chi connectivity index (χ1) is 8.96. The van der Waals surface area contributed by atoms with Crippen molar-refractivity contribution in [3.63, 3.8) is 0 Å². The zero-order valence-corrected chi connectivity index (χ0v) is 13.0. The van der Waals surface area contributed by atoms with Crippen molar-refractivity contribution in [3.05, 3.63) is 0 Å². The van der Waals surface area contributed by atoms with Crippen molar-refractivity contribution in [2.24, 2.45) is 0 Å². The van der Waals surface area contributed by atoms with Gasteiger partial charge in [0.05, 0.1) is 18.4 Å². The summed E-state index contributed by atoms with van der Waals surface area (Å²) in [4.78, 5) is 11.6. The molecule has 0 aromatic heterocycles. The van der Waals surface area contributed by atoms with Gasteiger partial charge in [0, 0.05) is 6.42 Å². The average Bonchev–Trinajstić information content (AvgIpc) is 2.17. The fourth-order valence-corrected chi connectivity index (χ4v) is 2.70. The minimum Gasteiger partial charge on any atom is -0.444 e. The van der Waals surface area contributed by atoms with Crippen LogP contribution in [0.25, 0.3) is 0 Å². The maximum absolute atomic E-state index is 13.9. The highest BCUT2D eigenvalue weighted by molar-refractivity contribution is 7.86. The lowest BCUT2D eigenvalue weighted by molar-refractivity contribution is 0.0374. The van der Waals surface area contributed by atoms with Gasteiger partial charge in [-0.3, -0.25) is 4.18 Å². The Kier molecular flexibility index (Phi) is 5.37. The van der Waals surface area contributed by atoms with Crippen molar-refractivity contribution in [2.45, 2.75) is 64.0 Å². The van der Waals surface area contributed by atoms with E-state index in [0.717, 1.165) is 6.26 Å². The third-order valence-corrected chi connectivity index (χ3v) is 3.36. The highest BCUT2D eigenvalue weighted by Gasteiger charge is 2.34. The van der Waals surface area contributed by atoms with E-state index in [1.165, 1.54) is 0 Å². The maximum atomic E-state index is 13.9. The average molecular weight is 311 g/mol. The largest absolute Gasteiger partial charge is 0.444 e. The molecule has 0 radical (unpaired) electrons. The van der Waals surface area contributed by atoms with Crippen molar-refractivity contribution >= 4 is 16.2 Å². The molecular weight excluding hydrogens is 289 g/mol. The van der Waals surface area contributed by atoms with Gasteiger partial charge in [-0.1, -0.05) is 0 Å². The van der Waals surface area contributed by atoms with Crippen molar-refractivity contribution in [3.8, 4) is 0 Å². The topological polar surface area (TPSA) is 81.7 Å². The van der Waals surface area contributed by atoms with Gasteiger partial charge in [-0.05, 0) is 33.6 Å². The van der Waals surface area contributed by atoms with Crippen LogP contribution >= 0.6 is 0 Å². The number of carbonyl (C=O) groups excluding carboxylic acids is 1. The molecule has 0 saturated heterocycles. The summed E-state index contributed by atoms with van der Waals surface area (Å²) in [6.45, 7) is 5.16. The number of amides is 1. The summed E-state index contributed by atoms with van der Waals surface area (Å²) in [5.74, 6) is 0. The number of hydrogen-bond acceptors (Lipinski definition) is 5. The van der Waals surface area contributed by atoms with Gasteiger partial charge >= 0.3 is 6.09 Å². The monoisotopic (exact) mass is 311 g/mol. The van der Waals surface area contributed by atoms with Gasteiger partial charge in [-0.15, -0.1) is 0 Å². The van der Waals surface area contributed by atoms with Crippen LogP contribution in [0.1, 0.15) is 40.0 Å². The Morgan fingerprint density at radius 3 is 2.35 bits per heavy atom. The number of ether oxygens (including phenoxy) is 1. The SMILES string of the molecule is CC(C)(C)OC(=O)N[C@H]1CC[C@@H](OS(C)(=O)=O)C[C@H]1F. The molecule has 1 fully saturated rings. The van der Waals surface area contributed by atoms with Gasteiger partial charge in [0.2, 0.25) is 0 Å². The summed E-state index contributed by atoms with van der Waals surface area (Å²) in [7, 11) is -3.59. The lowest BCUT2D eigenvalue weighted by Crippen LogP contribution is -2.48. The molecule has 1 aliphatic carbocycles. The molecule has 20 heavy (non-hydrogen) atoms. The molecule has 1 saturated carbocycles. The fourth-order valence-electron chi connectivity index (χ4n) is 2.04. The molecule has 118 valence electrons. The second-order valence-corrected chi connectivity index (χ2v) is 7.60. The van der Waals surface area contributed by atoms with E-state index in [-0.39, 0.29) is 6.42 Å². The Morgan fingerprint density at radius 1 is 1.30 bits per heavy atom. The summed E-state index contributed by atoms with van der Waals surface area (Å²) in [5, 5.41) is 2.47.